The smallest absolute Gasteiger partial charge is 0.290 e. The van der Waals surface area contributed by atoms with Gasteiger partial charge in [0.05, 0.1) is 12.2 Å². The van der Waals surface area contributed by atoms with E-state index in [1.54, 1.807) is 12.3 Å². The van der Waals surface area contributed by atoms with Crippen molar-refractivity contribution in [2.45, 2.75) is 6.54 Å². The summed E-state index contributed by atoms with van der Waals surface area (Å²) in [5.74, 6) is 0.570. The third-order valence-electron chi connectivity index (χ3n) is 6.13. The summed E-state index contributed by atoms with van der Waals surface area (Å²) in [6, 6.07) is 9.26. The second-order valence-electron chi connectivity index (χ2n) is 8.04. The molecule has 0 saturated carbocycles. The van der Waals surface area contributed by atoms with Gasteiger partial charge < -0.3 is 15.1 Å². The number of hydrogen-bond acceptors (Lipinski definition) is 8. The van der Waals surface area contributed by atoms with Gasteiger partial charge in [-0.3, -0.25) is 19.6 Å². The first kappa shape index (κ1) is 21.6. The number of nitrogens with zero attached hydrogens (tertiary/aromatic N) is 6. The summed E-state index contributed by atoms with van der Waals surface area (Å²) < 4.78 is 0. The zero-order chi connectivity index (χ0) is 22.6. The summed E-state index contributed by atoms with van der Waals surface area (Å²) >= 11 is 0. The molecule has 3 aromatic rings. The highest BCUT2D eigenvalue weighted by molar-refractivity contribution is 6.00. The van der Waals surface area contributed by atoms with Crippen LogP contribution in [0.4, 0.5) is 0 Å². The molecule has 5 rings (SSSR count). The summed E-state index contributed by atoms with van der Waals surface area (Å²) in [6.07, 6.45) is 1.75. The van der Waals surface area contributed by atoms with E-state index in [9.17, 15) is 9.90 Å². The molecule has 1 aromatic carbocycles. The predicted octanol–water partition coefficient (Wildman–Crippen LogP) is -0.143. The number of benzene rings is 1. The quantitative estimate of drug-likeness (QED) is 0.395. The summed E-state index contributed by atoms with van der Waals surface area (Å²) in [6.45, 7) is 3.34. The Kier molecular flexibility index (Phi) is 6.23. The Bertz CT molecular complexity index is 1040. The van der Waals surface area contributed by atoms with Crippen molar-refractivity contribution in [3.63, 3.8) is 0 Å². The lowest BCUT2D eigenvalue weighted by Crippen LogP contribution is -2.39. The Morgan fingerprint density at radius 2 is 2.06 bits per heavy atom. The second-order valence-corrected chi connectivity index (χ2v) is 8.04. The molecule has 32 heavy (non-hydrogen) atoms. The molecular formula is C20H24N8O4. The summed E-state index contributed by atoms with van der Waals surface area (Å²) in [5.41, 5.74) is 1.97. The number of nitrogens with one attached hydrogen (secondary N) is 2. The van der Waals surface area contributed by atoms with Crippen LogP contribution < -0.4 is 0 Å². The van der Waals surface area contributed by atoms with Gasteiger partial charge in [0.1, 0.15) is 0 Å². The molecule has 168 valence electrons. The van der Waals surface area contributed by atoms with Gasteiger partial charge in [-0.25, -0.2) is 0 Å². The maximum absolute atomic E-state index is 13.3. The zero-order valence-electron chi connectivity index (χ0n) is 17.3. The molecule has 2 fully saturated rings. The van der Waals surface area contributed by atoms with Gasteiger partial charge in [0.2, 0.25) is 5.82 Å². The number of carboxylic acid groups (broad SMARTS) is 1. The molecule has 0 radical (unpaired) electrons. The molecule has 0 spiro atoms. The first-order valence-corrected chi connectivity index (χ1v) is 10.1. The molecule has 12 nitrogen and oxygen atoms in total. The molecule has 2 aliphatic heterocycles. The number of carbonyl (C=O) groups excluding carboxylic acids is 1. The van der Waals surface area contributed by atoms with Gasteiger partial charge in [-0.2, -0.15) is 10.3 Å². The topological polar surface area (TPSA) is 164 Å². The number of hydrogen-bond donors (Lipinski definition) is 4. The molecule has 0 aliphatic carbocycles. The van der Waals surface area contributed by atoms with Gasteiger partial charge >= 0.3 is 0 Å². The number of rotatable bonds is 5. The van der Waals surface area contributed by atoms with Crippen molar-refractivity contribution in [2.75, 3.05) is 32.8 Å². The van der Waals surface area contributed by atoms with E-state index in [2.05, 4.69) is 35.7 Å². The van der Waals surface area contributed by atoms with Crippen LogP contribution in [-0.4, -0.2) is 96.0 Å². The van der Waals surface area contributed by atoms with E-state index in [1.807, 2.05) is 29.2 Å². The predicted molar refractivity (Wildman–Crippen MR) is 111 cm³/mol. The lowest BCUT2D eigenvalue weighted by molar-refractivity contribution is -0.122. The Hall–Kier alpha value is -3.64. The maximum atomic E-state index is 13.3. The van der Waals surface area contributed by atoms with Crippen LogP contribution in [0.5, 0.6) is 0 Å². The van der Waals surface area contributed by atoms with Crippen LogP contribution in [0.15, 0.2) is 36.5 Å². The standard InChI is InChI=1S/C19H22N8O2.CH2O2/c28-12-19-10-26(9-14-5-6-20-21-14)7-13(19)8-27(11-19)18(29)16-4-2-1-3-15(16)17-22-24-25-23-17;2-1-3/h1-6,13,28H,7-12H2,(H,20,21)(H,22,23,24,25);1H,(H,2,3). The molecule has 4 N–H and O–H groups in total. The molecule has 0 bridgehead atoms. The number of aromatic nitrogens is 6. The number of likely N-dealkylation sites (tertiary alicyclic amines) is 2. The Morgan fingerprint density at radius 1 is 1.25 bits per heavy atom. The van der Waals surface area contributed by atoms with Crippen molar-refractivity contribution in [1.82, 2.24) is 40.6 Å². The minimum absolute atomic E-state index is 0.0623. The fourth-order valence-electron chi connectivity index (χ4n) is 4.71. The third kappa shape index (κ3) is 4.09. The lowest BCUT2D eigenvalue weighted by atomic mass is 9.82. The first-order chi connectivity index (χ1) is 15.6. The number of amides is 1. The van der Waals surface area contributed by atoms with Crippen LogP contribution in [0, 0.1) is 11.3 Å². The van der Waals surface area contributed by atoms with Crippen LogP contribution in [0.25, 0.3) is 11.4 Å². The van der Waals surface area contributed by atoms with Crippen LogP contribution in [0.2, 0.25) is 0 Å². The van der Waals surface area contributed by atoms with Crippen molar-refractivity contribution in [3.8, 4) is 11.4 Å². The van der Waals surface area contributed by atoms with Gasteiger partial charge in [-0.05, 0) is 23.3 Å². The van der Waals surface area contributed by atoms with Crippen molar-refractivity contribution < 1.29 is 19.8 Å². The Labute approximate surface area is 183 Å². The van der Waals surface area contributed by atoms with E-state index in [0.29, 0.717) is 30.0 Å². The third-order valence-corrected chi connectivity index (χ3v) is 6.13. The number of H-pyrrole nitrogens is 2. The minimum Gasteiger partial charge on any atom is -0.483 e. The van der Waals surface area contributed by atoms with Crippen LogP contribution in [0.3, 0.4) is 0 Å². The zero-order valence-corrected chi connectivity index (χ0v) is 17.3. The van der Waals surface area contributed by atoms with Crippen LogP contribution in [-0.2, 0) is 11.3 Å². The first-order valence-electron chi connectivity index (χ1n) is 10.1. The van der Waals surface area contributed by atoms with E-state index in [-0.39, 0.29) is 30.3 Å². The van der Waals surface area contributed by atoms with Gasteiger partial charge in [-0.1, -0.05) is 18.2 Å². The lowest BCUT2D eigenvalue weighted by Gasteiger charge is -2.27. The molecule has 2 saturated heterocycles. The molecule has 2 unspecified atom stereocenters. The number of aliphatic hydroxyl groups excluding tert-OH is 1. The molecular weight excluding hydrogens is 416 g/mol. The molecule has 12 heteroatoms. The van der Waals surface area contributed by atoms with Crippen LogP contribution in [0.1, 0.15) is 16.1 Å². The number of aliphatic hydroxyl groups is 1. The maximum Gasteiger partial charge on any atom is 0.290 e. The SMILES string of the molecule is O=C(c1ccccc1-c1nn[nH]n1)N1CC2CN(Cc3ccn[nH]3)CC2(CO)C1.O=CO. The van der Waals surface area contributed by atoms with E-state index >= 15 is 0 Å². The number of carbonyl (C=O) groups is 2. The fourth-order valence-corrected chi connectivity index (χ4v) is 4.71. The highest BCUT2D eigenvalue weighted by Crippen LogP contribution is 2.43. The van der Waals surface area contributed by atoms with Gasteiger partial charge in [0.15, 0.2) is 0 Å². The molecule has 2 aromatic heterocycles. The summed E-state index contributed by atoms with van der Waals surface area (Å²) in [5, 5.41) is 38.2. The second kappa shape index (κ2) is 9.24. The monoisotopic (exact) mass is 440 g/mol. The fraction of sp³-hybridized carbons (Fsp3) is 0.400. The van der Waals surface area contributed by atoms with Crippen molar-refractivity contribution in [1.29, 1.82) is 0 Å². The number of tetrazole rings is 1. The molecule has 2 atom stereocenters. The Morgan fingerprint density at radius 3 is 2.72 bits per heavy atom. The highest BCUT2D eigenvalue weighted by Gasteiger charge is 2.53. The number of fused-ring (bicyclic) bond motifs is 1. The van der Waals surface area contributed by atoms with E-state index in [1.165, 1.54) is 0 Å². The molecule has 1 amide bonds. The van der Waals surface area contributed by atoms with Gasteiger partial charge in [0.25, 0.3) is 12.4 Å². The molecule has 4 heterocycles. The number of aromatic amines is 2. The Balaban J connectivity index is 0.000000775. The van der Waals surface area contributed by atoms with Crippen molar-refractivity contribution in [3.05, 3.63) is 47.8 Å². The van der Waals surface area contributed by atoms with Gasteiger partial charge in [-0.15, -0.1) is 10.2 Å². The van der Waals surface area contributed by atoms with E-state index in [4.69, 9.17) is 9.90 Å². The normalized spacial score (nSPS) is 22.3. The highest BCUT2D eigenvalue weighted by atomic mass is 16.3. The van der Waals surface area contributed by atoms with E-state index in [0.717, 1.165) is 25.3 Å². The van der Waals surface area contributed by atoms with Crippen molar-refractivity contribution >= 4 is 12.4 Å². The van der Waals surface area contributed by atoms with Gasteiger partial charge in [0, 0.05) is 55.6 Å². The van der Waals surface area contributed by atoms with Crippen LogP contribution >= 0.6 is 0 Å². The molecule has 2 aliphatic rings. The largest absolute Gasteiger partial charge is 0.483 e. The van der Waals surface area contributed by atoms with Crippen molar-refractivity contribution in [2.24, 2.45) is 11.3 Å². The summed E-state index contributed by atoms with van der Waals surface area (Å²) in [7, 11) is 0. The van der Waals surface area contributed by atoms with E-state index < -0.39 is 0 Å². The summed E-state index contributed by atoms with van der Waals surface area (Å²) in [4.78, 5) is 25.9. The average molecular weight is 440 g/mol. The average Bonchev–Trinajstić information content (AvgIpc) is 3.58. The minimum atomic E-state index is -0.295.